The lowest BCUT2D eigenvalue weighted by molar-refractivity contribution is -0.140. The van der Waals surface area contributed by atoms with Crippen molar-refractivity contribution in [2.45, 2.75) is 26.6 Å². The van der Waals surface area contributed by atoms with Crippen LogP contribution in [0.1, 0.15) is 23.1 Å². The average Bonchev–Trinajstić information content (AvgIpc) is 3.35. The Morgan fingerprint density at radius 2 is 1.74 bits per heavy atom. The van der Waals surface area contributed by atoms with Crippen molar-refractivity contribution in [2.24, 2.45) is 0 Å². The number of furan rings is 1. The van der Waals surface area contributed by atoms with Gasteiger partial charge in [-0.1, -0.05) is 36.4 Å². The molecule has 5 nitrogen and oxygen atoms in total. The largest absolute Gasteiger partial charge is 0.467 e. The molecule has 1 aromatic carbocycles. The molecule has 0 saturated heterocycles. The van der Waals surface area contributed by atoms with E-state index in [1.807, 2.05) is 47.8 Å². The Balaban J connectivity index is 1.73. The summed E-state index contributed by atoms with van der Waals surface area (Å²) in [6, 6.07) is 17.4. The maximum atomic E-state index is 13.0. The van der Waals surface area contributed by atoms with Gasteiger partial charge in [0.15, 0.2) is 0 Å². The van der Waals surface area contributed by atoms with E-state index in [9.17, 15) is 9.59 Å². The summed E-state index contributed by atoms with van der Waals surface area (Å²) >= 11 is 1.62. The van der Waals surface area contributed by atoms with Crippen LogP contribution in [0.15, 0.2) is 70.7 Å². The minimum Gasteiger partial charge on any atom is -0.467 e. The molecule has 0 atom stereocenters. The first kappa shape index (κ1) is 18.9. The van der Waals surface area contributed by atoms with Gasteiger partial charge in [0.25, 0.3) is 0 Å². The zero-order valence-corrected chi connectivity index (χ0v) is 16.0. The quantitative estimate of drug-likeness (QED) is 0.593. The highest BCUT2D eigenvalue weighted by Crippen LogP contribution is 2.16. The summed E-state index contributed by atoms with van der Waals surface area (Å²) in [6.45, 7) is 2.81. The second-order valence-corrected chi connectivity index (χ2v) is 7.30. The first-order valence-corrected chi connectivity index (χ1v) is 9.62. The molecule has 6 heteroatoms. The first-order valence-electron chi connectivity index (χ1n) is 8.74. The maximum Gasteiger partial charge on any atom is 0.242 e. The molecule has 0 spiro atoms. The summed E-state index contributed by atoms with van der Waals surface area (Å²) in [7, 11) is 0. The fourth-order valence-corrected chi connectivity index (χ4v) is 3.48. The number of rotatable bonds is 8. The normalized spacial score (nSPS) is 10.6. The van der Waals surface area contributed by atoms with Gasteiger partial charge in [-0.2, -0.15) is 0 Å². The molecule has 0 unspecified atom stereocenters. The molecule has 2 amide bonds. The van der Waals surface area contributed by atoms with Crippen LogP contribution in [-0.4, -0.2) is 28.2 Å². The molecule has 0 saturated carbocycles. The standard InChI is InChI=1S/C21H22N2O3S/c1-17(24)22(14-19-9-5-11-26-19)16-21(25)23(15-20-10-6-12-27-20)13-18-7-3-2-4-8-18/h2-12H,13-16H2,1H3. The van der Waals surface area contributed by atoms with Crippen LogP contribution < -0.4 is 0 Å². The summed E-state index contributed by atoms with van der Waals surface area (Å²) in [6.07, 6.45) is 1.56. The monoisotopic (exact) mass is 382 g/mol. The van der Waals surface area contributed by atoms with Crippen LogP contribution in [0.25, 0.3) is 0 Å². The Morgan fingerprint density at radius 1 is 0.926 bits per heavy atom. The fraction of sp³-hybridized carbons (Fsp3) is 0.238. The Bertz CT molecular complexity index is 845. The van der Waals surface area contributed by atoms with E-state index in [-0.39, 0.29) is 24.9 Å². The average molecular weight is 382 g/mol. The van der Waals surface area contributed by atoms with Gasteiger partial charge in [0, 0.05) is 18.3 Å². The molecule has 0 bridgehead atoms. The molecule has 0 aliphatic carbocycles. The molecule has 0 aliphatic rings. The highest BCUT2D eigenvalue weighted by atomic mass is 32.1. The smallest absolute Gasteiger partial charge is 0.242 e. The van der Waals surface area contributed by atoms with Gasteiger partial charge in [0.05, 0.1) is 19.4 Å². The van der Waals surface area contributed by atoms with Gasteiger partial charge in [0.2, 0.25) is 11.8 Å². The van der Waals surface area contributed by atoms with E-state index in [0.29, 0.717) is 18.8 Å². The number of benzene rings is 1. The van der Waals surface area contributed by atoms with Gasteiger partial charge in [-0.25, -0.2) is 0 Å². The molecule has 2 heterocycles. The molecule has 0 aliphatic heterocycles. The van der Waals surface area contributed by atoms with E-state index < -0.39 is 0 Å². The highest BCUT2D eigenvalue weighted by molar-refractivity contribution is 7.09. The number of thiophene rings is 1. The van der Waals surface area contributed by atoms with Gasteiger partial charge < -0.3 is 14.2 Å². The lowest BCUT2D eigenvalue weighted by Crippen LogP contribution is -2.41. The van der Waals surface area contributed by atoms with Crippen LogP contribution in [-0.2, 0) is 29.2 Å². The van der Waals surface area contributed by atoms with E-state index in [0.717, 1.165) is 10.4 Å². The Labute approximate surface area is 162 Å². The van der Waals surface area contributed by atoms with Crippen molar-refractivity contribution in [1.82, 2.24) is 9.80 Å². The number of hydrogen-bond acceptors (Lipinski definition) is 4. The predicted octanol–water partition coefficient (Wildman–Crippen LogP) is 3.92. The van der Waals surface area contributed by atoms with Crippen LogP contribution in [0.2, 0.25) is 0 Å². The van der Waals surface area contributed by atoms with Crippen molar-refractivity contribution in [3.05, 3.63) is 82.4 Å². The Morgan fingerprint density at radius 3 is 2.37 bits per heavy atom. The topological polar surface area (TPSA) is 53.8 Å². The molecule has 0 radical (unpaired) electrons. The summed E-state index contributed by atoms with van der Waals surface area (Å²) in [4.78, 5) is 29.5. The van der Waals surface area contributed by atoms with Gasteiger partial charge >= 0.3 is 0 Å². The lowest BCUT2D eigenvalue weighted by Gasteiger charge is -2.26. The van der Waals surface area contributed by atoms with E-state index in [2.05, 4.69) is 0 Å². The summed E-state index contributed by atoms with van der Waals surface area (Å²) in [5.74, 6) is 0.412. The lowest BCUT2D eigenvalue weighted by atomic mass is 10.2. The third kappa shape index (κ3) is 5.56. The Hall–Kier alpha value is -2.86. The third-order valence-electron chi connectivity index (χ3n) is 4.19. The fourth-order valence-electron chi connectivity index (χ4n) is 2.76. The summed E-state index contributed by atoms with van der Waals surface area (Å²) < 4.78 is 5.32. The molecule has 3 rings (SSSR count). The van der Waals surface area contributed by atoms with E-state index in [4.69, 9.17) is 4.42 Å². The highest BCUT2D eigenvalue weighted by Gasteiger charge is 2.21. The van der Waals surface area contributed by atoms with Crippen molar-refractivity contribution in [2.75, 3.05) is 6.54 Å². The zero-order valence-electron chi connectivity index (χ0n) is 15.2. The zero-order chi connectivity index (χ0) is 19.1. The molecule has 0 fully saturated rings. The van der Waals surface area contributed by atoms with Crippen molar-refractivity contribution < 1.29 is 14.0 Å². The van der Waals surface area contributed by atoms with Gasteiger partial charge in [-0.15, -0.1) is 11.3 Å². The van der Waals surface area contributed by atoms with Crippen molar-refractivity contribution in [3.63, 3.8) is 0 Å². The minimum absolute atomic E-state index is 0.0221. The molecule has 27 heavy (non-hydrogen) atoms. The van der Waals surface area contributed by atoms with Gasteiger partial charge in [-0.3, -0.25) is 9.59 Å². The van der Waals surface area contributed by atoms with Crippen LogP contribution in [0, 0.1) is 0 Å². The molecule has 2 aromatic heterocycles. The SMILES string of the molecule is CC(=O)N(CC(=O)N(Cc1ccccc1)Cc1cccs1)Cc1ccco1. The molecular formula is C21H22N2O3S. The minimum atomic E-state index is -0.157. The van der Waals surface area contributed by atoms with E-state index >= 15 is 0 Å². The number of hydrogen-bond donors (Lipinski definition) is 0. The van der Waals surface area contributed by atoms with E-state index in [1.54, 1.807) is 34.6 Å². The van der Waals surface area contributed by atoms with Crippen molar-refractivity contribution in [1.29, 1.82) is 0 Å². The summed E-state index contributed by atoms with van der Waals surface area (Å²) in [5, 5.41) is 2.00. The number of carbonyl (C=O) groups excluding carboxylic acids is 2. The maximum absolute atomic E-state index is 13.0. The predicted molar refractivity (Wildman–Crippen MR) is 105 cm³/mol. The molecular weight excluding hydrogens is 360 g/mol. The van der Waals surface area contributed by atoms with Crippen molar-refractivity contribution >= 4 is 23.2 Å². The van der Waals surface area contributed by atoms with Crippen LogP contribution in [0.5, 0.6) is 0 Å². The molecule has 140 valence electrons. The molecule has 0 N–H and O–H groups in total. The van der Waals surface area contributed by atoms with Crippen LogP contribution in [0.3, 0.4) is 0 Å². The number of nitrogens with zero attached hydrogens (tertiary/aromatic N) is 2. The Kier molecular flexibility index (Phi) is 6.44. The van der Waals surface area contributed by atoms with E-state index in [1.165, 1.54) is 11.8 Å². The number of amides is 2. The van der Waals surface area contributed by atoms with Crippen LogP contribution >= 0.6 is 11.3 Å². The van der Waals surface area contributed by atoms with Gasteiger partial charge in [0.1, 0.15) is 12.3 Å². The second kappa shape index (κ2) is 9.19. The summed E-state index contributed by atoms with van der Waals surface area (Å²) in [5.41, 5.74) is 1.06. The van der Waals surface area contributed by atoms with Gasteiger partial charge in [-0.05, 0) is 29.1 Å². The van der Waals surface area contributed by atoms with Crippen molar-refractivity contribution in [3.8, 4) is 0 Å². The van der Waals surface area contributed by atoms with Crippen LogP contribution in [0.4, 0.5) is 0 Å². The second-order valence-electron chi connectivity index (χ2n) is 6.27. The molecule has 3 aromatic rings. The number of carbonyl (C=O) groups is 2. The third-order valence-corrected chi connectivity index (χ3v) is 5.06. The first-order chi connectivity index (χ1) is 13.1.